The summed E-state index contributed by atoms with van der Waals surface area (Å²) in [5, 5.41) is 15.3. The zero-order valence-electron chi connectivity index (χ0n) is 8.79. The maximum atomic E-state index is 8.69. The van der Waals surface area contributed by atoms with E-state index in [1.165, 1.54) is 0 Å². The van der Waals surface area contributed by atoms with Gasteiger partial charge in [-0.05, 0) is 31.4 Å². The quantitative estimate of drug-likeness (QED) is 0.650. The predicted molar refractivity (Wildman–Crippen MR) is 61.2 cm³/mol. The maximum absolute atomic E-state index is 8.69. The number of anilines is 2. The van der Waals surface area contributed by atoms with Crippen LogP contribution in [0.15, 0.2) is 12.1 Å². The first-order valence-electron chi connectivity index (χ1n) is 5.48. The molecule has 2 heterocycles. The highest BCUT2D eigenvalue weighted by atomic mass is 16.2. The fraction of sp³-hybridized carbons (Fsp3) is 0.545. The summed E-state index contributed by atoms with van der Waals surface area (Å²) in [7, 11) is 0. The van der Waals surface area contributed by atoms with E-state index in [4.69, 9.17) is 5.11 Å². The molecule has 0 spiro atoms. The largest absolute Gasteiger partial charge is 0.396 e. The standard InChI is InChI=1S/C11H17N3O/c15-8-2-1-3-9-4-5-10-11(14-9)13-7-6-12-10/h4-5,12,15H,1-3,6-8H2,(H,13,14). The summed E-state index contributed by atoms with van der Waals surface area (Å²) in [6, 6.07) is 4.12. The highest BCUT2D eigenvalue weighted by Crippen LogP contribution is 2.22. The number of nitrogens with zero attached hydrogens (tertiary/aromatic N) is 1. The zero-order chi connectivity index (χ0) is 10.5. The van der Waals surface area contributed by atoms with E-state index in [0.717, 1.165) is 49.6 Å². The molecular weight excluding hydrogens is 190 g/mol. The number of nitrogens with one attached hydrogen (secondary N) is 2. The number of aromatic nitrogens is 1. The molecule has 0 fully saturated rings. The lowest BCUT2D eigenvalue weighted by atomic mass is 10.1. The summed E-state index contributed by atoms with van der Waals surface area (Å²) in [5.41, 5.74) is 2.19. The second-order valence-electron chi connectivity index (χ2n) is 3.73. The van der Waals surface area contributed by atoms with Crippen LogP contribution in [0.1, 0.15) is 18.5 Å². The van der Waals surface area contributed by atoms with Gasteiger partial charge in [0.15, 0.2) is 0 Å². The average Bonchev–Trinajstić information content (AvgIpc) is 2.29. The zero-order valence-corrected chi connectivity index (χ0v) is 8.79. The normalized spacial score (nSPS) is 13.9. The van der Waals surface area contributed by atoms with Crippen molar-refractivity contribution in [3.63, 3.8) is 0 Å². The van der Waals surface area contributed by atoms with Crippen LogP contribution in [0.25, 0.3) is 0 Å². The SMILES string of the molecule is OCCCCc1ccc2c(n1)NCCN2. The molecule has 0 bridgehead atoms. The summed E-state index contributed by atoms with van der Waals surface area (Å²) in [6.07, 6.45) is 2.79. The van der Waals surface area contributed by atoms with E-state index in [2.05, 4.69) is 27.8 Å². The maximum Gasteiger partial charge on any atom is 0.149 e. The molecule has 1 aromatic heterocycles. The van der Waals surface area contributed by atoms with Crippen molar-refractivity contribution in [2.24, 2.45) is 0 Å². The smallest absolute Gasteiger partial charge is 0.149 e. The van der Waals surface area contributed by atoms with Gasteiger partial charge >= 0.3 is 0 Å². The fourth-order valence-electron chi connectivity index (χ4n) is 1.71. The van der Waals surface area contributed by atoms with Crippen LogP contribution in [-0.4, -0.2) is 29.8 Å². The van der Waals surface area contributed by atoms with Crippen molar-refractivity contribution in [3.05, 3.63) is 17.8 Å². The van der Waals surface area contributed by atoms with Crippen molar-refractivity contribution < 1.29 is 5.11 Å². The first kappa shape index (κ1) is 10.2. The van der Waals surface area contributed by atoms with Crippen LogP contribution in [0.5, 0.6) is 0 Å². The second kappa shape index (κ2) is 4.98. The number of hydrogen-bond donors (Lipinski definition) is 3. The molecule has 1 aliphatic rings. The summed E-state index contributed by atoms with van der Waals surface area (Å²) in [5.74, 6) is 0.961. The number of hydrogen-bond acceptors (Lipinski definition) is 4. The molecule has 0 saturated carbocycles. The van der Waals surface area contributed by atoms with E-state index in [1.807, 2.05) is 0 Å². The van der Waals surface area contributed by atoms with Gasteiger partial charge in [0.1, 0.15) is 5.82 Å². The van der Waals surface area contributed by atoms with E-state index < -0.39 is 0 Å². The van der Waals surface area contributed by atoms with Gasteiger partial charge < -0.3 is 15.7 Å². The molecule has 4 heteroatoms. The number of aryl methyl sites for hydroxylation is 1. The van der Waals surface area contributed by atoms with Gasteiger partial charge in [-0.1, -0.05) is 0 Å². The van der Waals surface area contributed by atoms with Crippen LogP contribution in [0.4, 0.5) is 11.5 Å². The summed E-state index contributed by atoms with van der Waals surface area (Å²) < 4.78 is 0. The molecule has 15 heavy (non-hydrogen) atoms. The molecule has 0 saturated heterocycles. The van der Waals surface area contributed by atoms with Gasteiger partial charge in [-0.2, -0.15) is 0 Å². The number of fused-ring (bicyclic) bond motifs is 1. The number of rotatable bonds is 4. The van der Waals surface area contributed by atoms with Crippen molar-refractivity contribution in [1.82, 2.24) is 4.98 Å². The number of aliphatic hydroxyl groups excluding tert-OH is 1. The Hall–Kier alpha value is -1.29. The Labute approximate surface area is 89.7 Å². The Morgan fingerprint density at radius 1 is 1.20 bits per heavy atom. The lowest BCUT2D eigenvalue weighted by Crippen LogP contribution is -2.21. The van der Waals surface area contributed by atoms with Crippen molar-refractivity contribution in [2.75, 3.05) is 30.3 Å². The van der Waals surface area contributed by atoms with Gasteiger partial charge in [-0.15, -0.1) is 0 Å². The lowest BCUT2D eigenvalue weighted by Gasteiger charge is -2.19. The molecule has 0 atom stereocenters. The van der Waals surface area contributed by atoms with Gasteiger partial charge in [0, 0.05) is 25.4 Å². The number of unbranched alkanes of at least 4 members (excludes halogenated alkanes) is 1. The van der Waals surface area contributed by atoms with Crippen molar-refractivity contribution in [1.29, 1.82) is 0 Å². The summed E-state index contributed by atoms with van der Waals surface area (Å²) in [4.78, 5) is 4.53. The third-order valence-corrected chi connectivity index (χ3v) is 2.53. The van der Waals surface area contributed by atoms with E-state index in [9.17, 15) is 0 Å². The minimum atomic E-state index is 0.269. The molecule has 4 nitrogen and oxygen atoms in total. The Kier molecular flexibility index (Phi) is 3.40. The molecule has 3 N–H and O–H groups in total. The average molecular weight is 207 g/mol. The molecule has 1 aromatic rings. The summed E-state index contributed by atoms with van der Waals surface area (Å²) in [6.45, 7) is 2.16. The highest BCUT2D eigenvalue weighted by molar-refractivity contribution is 5.66. The molecule has 0 aliphatic carbocycles. The highest BCUT2D eigenvalue weighted by Gasteiger charge is 2.08. The van der Waals surface area contributed by atoms with Crippen molar-refractivity contribution in [3.8, 4) is 0 Å². The molecule has 0 aromatic carbocycles. The number of pyridine rings is 1. The van der Waals surface area contributed by atoms with E-state index >= 15 is 0 Å². The minimum Gasteiger partial charge on any atom is -0.396 e. The Balaban J connectivity index is 2.00. The van der Waals surface area contributed by atoms with Gasteiger partial charge in [0.25, 0.3) is 0 Å². The third kappa shape index (κ3) is 2.59. The van der Waals surface area contributed by atoms with Gasteiger partial charge in [0.2, 0.25) is 0 Å². The fourth-order valence-corrected chi connectivity index (χ4v) is 1.71. The topological polar surface area (TPSA) is 57.2 Å². The van der Waals surface area contributed by atoms with Crippen molar-refractivity contribution >= 4 is 11.5 Å². The van der Waals surface area contributed by atoms with E-state index in [-0.39, 0.29) is 6.61 Å². The molecular formula is C11H17N3O. The molecule has 82 valence electrons. The summed E-state index contributed by atoms with van der Waals surface area (Å²) >= 11 is 0. The molecule has 1 aliphatic heterocycles. The van der Waals surface area contributed by atoms with Crippen LogP contribution in [0.2, 0.25) is 0 Å². The van der Waals surface area contributed by atoms with Gasteiger partial charge in [0.05, 0.1) is 5.69 Å². The monoisotopic (exact) mass is 207 g/mol. The Bertz CT molecular complexity index is 328. The van der Waals surface area contributed by atoms with Crippen molar-refractivity contribution in [2.45, 2.75) is 19.3 Å². The van der Waals surface area contributed by atoms with Crippen LogP contribution in [0.3, 0.4) is 0 Å². The van der Waals surface area contributed by atoms with E-state index in [0.29, 0.717) is 0 Å². The first-order chi connectivity index (χ1) is 7.40. The van der Waals surface area contributed by atoms with Crippen LogP contribution in [0, 0.1) is 0 Å². The molecule has 0 unspecified atom stereocenters. The van der Waals surface area contributed by atoms with Crippen LogP contribution in [-0.2, 0) is 6.42 Å². The molecule has 0 radical (unpaired) electrons. The van der Waals surface area contributed by atoms with Gasteiger partial charge in [-0.3, -0.25) is 0 Å². The Morgan fingerprint density at radius 3 is 2.93 bits per heavy atom. The lowest BCUT2D eigenvalue weighted by molar-refractivity contribution is 0.284. The first-order valence-corrected chi connectivity index (χ1v) is 5.48. The molecule has 0 amide bonds. The Morgan fingerprint density at radius 2 is 2.07 bits per heavy atom. The second-order valence-corrected chi connectivity index (χ2v) is 3.73. The van der Waals surface area contributed by atoms with Crippen LogP contribution < -0.4 is 10.6 Å². The predicted octanol–water partition coefficient (Wildman–Crippen LogP) is 1.23. The van der Waals surface area contributed by atoms with E-state index in [1.54, 1.807) is 0 Å². The third-order valence-electron chi connectivity index (χ3n) is 2.53. The minimum absolute atomic E-state index is 0.269. The number of aliphatic hydroxyl groups is 1. The van der Waals surface area contributed by atoms with Gasteiger partial charge in [-0.25, -0.2) is 4.98 Å². The van der Waals surface area contributed by atoms with Crippen LogP contribution >= 0.6 is 0 Å². The molecule has 2 rings (SSSR count).